The molecule has 1 atom stereocenters. The first-order valence-electron chi connectivity index (χ1n) is 12.2. The van der Waals surface area contributed by atoms with Gasteiger partial charge in [-0.25, -0.2) is 0 Å². The fraction of sp³-hybridized carbons (Fsp3) is 0.875. The number of carbonyl (C=O) groups is 1. The van der Waals surface area contributed by atoms with Gasteiger partial charge in [0.1, 0.15) is 5.60 Å². The second-order valence-corrected chi connectivity index (χ2v) is 10.2. The van der Waals surface area contributed by atoms with Crippen LogP contribution in [0, 0.1) is 5.92 Å². The number of aromatic nitrogens is 2. The van der Waals surface area contributed by atoms with Crippen molar-refractivity contribution in [2.75, 3.05) is 13.2 Å². The molecular formula is C24H41N3O4. The molecule has 7 heteroatoms. The van der Waals surface area contributed by atoms with Crippen LogP contribution in [0.1, 0.15) is 109 Å². The molecule has 1 aromatic rings. The van der Waals surface area contributed by atoms with E-state index in [1.54, 1.807) is 0 Å². The third-order valence-electron chi connectivity index (χ3n) is 6.33. The summed E-state index contributed by atoms with van der Waals surface area (Å²) in [5, 5.41) is 7.66. The van der Waals surface area contributed by atoms with Gasteiger partial charge in [0.15, 0.2) is 5.82 Å². The molecule has 3 rings (SSSR count). The summed E-state index contributed by atoms with van der Waals surface area (Å²) in [7, 11) is 0. The summed E-state index contributed by atoms with van der Waals surface area (Å²) in [4.78, 5) is 17.1. The molecule has 1 aromatic heterocycles. The molecule has 0 amide bonds. The van der Waals surface area contributed by atoms with E-state index in [9.17, 15) is 4.79 Å². The Bertz CT molecular complexity index is 658. The minimum absolute atomic E-state index is 0.0808. The summed E-state index contributed by atoms with van der Waals surface area (Å²) in [6.07, 6.45) is 12.3. The molecule has 2 fully saturated rings. The van der Waals surface area contributed by atoms with Crippen LogP contribution in [0.15, 0.2) is 4.52 Å². The first-order chi connectivity index (χ1) is 14.9. The van der Waals surface area contributed by atoms with Crippen LogP contribution in [0.4, 0.5) is 0 Å². The lowest BCUT2D eigenvalue weighted by Crippen LogP contribution is -2.34. The van der Waals surface area contributed by atoms with Crippen LogP contribution in [0.3, 0.4) is 0 Å². The lowest BCUT2D eigenvalue weighted by Gasteiger charge is -2.23. The van der Waals surface area contributed by atoms with Gasteiger partial charge in [0.05, 0.1) is 13.0 Å². The Morgan fingerprint density at radius 1 is 1.16 bits per heavy atom. The van der Waals surface area contributed by atoms with Gasteiger partial charge in [0.25, 0.3) is 0 Å². The van der Waals surface area contributed by atoms with Gasteiger partial charge in [-0.2, -0.15) is 4.98 Å². The zero-order valence-electron chi connectivity index (χ0n) is 19.7. The molecule has 0 bridgehead atoms. The number of rotatable bonds is 10. The first-order valence-corrected chi connectivity index (χ1v) is 12.2. The van der Waals surface area contributed by atoms with Crippen molar-refractivity contribution in [3.63, 3.8) is 0 Å². The third kappa shape index (κ3) is 8.89. The van der Waals surface area contributed by atoms with Gasteiger partial charge in [-0.05, 0) is 46.0 Å². The maximum absolute atomic E-state index is 12.5. The van der Waals surface area contributed by atoms with Crippen LogP contribution in [0.2, 0.25) is 0 Å². The molecule has 0 radical (unpaired) electrons. The number of carbonyl (C=O) groups excluding carboxylic acids is 1. The average molecular weight is 436 g/mol. The number of esters is 1. The summed E-state index contributed by atoms with van der Waals surface area (Å²) in [6, 6.07) is 0.434. The predicted molar refractivity (Wildman–Crippen MR) is 119 cm³/mol. The highest BCUT2D eigenvalue weighted by Gasteiger charge is 2.26. The molecule has 0 spiro atoms. The van der Waals surface area contributed by atoms with Gasteiger partial charge < -0.3 is 19.3 Å². The van der Waals surface area contributed by atoms with Crippen molar-refractivity contribution in [2.45, 2.75) is 116 Å². The average Bonchev–Trinajstić information content (AvgIpc) is 3.21. The zero-order chi connectivity index (χ0) is 22.1. The summed E-state index contributed by atoms with van der Waals surface area (Å²) in [5.74, 6) is 1.78. The lowest BCUT2D eigenvalue weighted by molar-refractivity contribution is -0.155. The largest absolute Gasteiger partial charge is 0.460 e. The molecule has 0 aromatic carbocycles. The number of hydrogen-bond acceptors (Lipinski definition) is 7. The zero-order valence-corrected chi connectivity index (χ0v) is 19.7. The Balaban J connectivity index is 1.55. The van der Waals surface area contributed by atoms with Gasteiger partial charge in [-0.1, -0.05) is 50.1 Å². The highest BCUT2D eigenvalue weighted by molar-refractivity contribution is 5.70. The van der Waals surface area contributed by atoms with Crippen molar-refractivity contribution in [2.24, 2.45) is 5.92 Å². The molecule has 1 aliphatic carbocycles. The Kier molecular flexibility index (Phi) is 9.32. The predicted octanol–water partition coefficient (Wildman–Crippen LogP) is 4.90. The number of nitrogens with zero attached hydrogens (tertiary/aromatic N) is 2. The quantitative estimate of drug-likeness (QED) is 0.523. The van der Waals surface area contributed by atoms with Gasteiger partial charge >= 0.3 is 5.97 Å². The van der Waals surface area contributed by atoms with Crippen molar-refractivity contribution < 1.29 is 18.8 Å². The lowest BCUT2D eigenvalue weighted by atomic mass is 9.84. The van der Waals surface area contributed by atoms with Crippen LogP contribution in [0.5, 0.6) is 0 Å². The minimum Gasteiger partial charge on any atom is -0.460 e. The monoisotopic (exact) mass is 435 g/mol. The van der Waals surface area contributed by atoms with Gasteiger partial charge in [0.2, 0.25) is 5.89 Å². The third-order valence-corrected chi connectivity index (χ3v) is 6.33. The first kappa shape index (κ1) is 24.2. The second kappa shape index (κ2) is 12.0. The van der Waals surface area contributed by atoms with Crippen LogP contribution in [0.25, 0.3) is 0 Å². The van der Waals surface area contributed by atoms with E-state index in [4.69, 9.17) is 14.0 Å². The Labute approximate surface area is 187 Å². The molecule has 1 saturated heterocycles. The van der Waals surface area contributed by atoms with Crippen molar-refractivity contribution in [3.05, 3.63) is 11.7 Å². The Hall–Kier alpha value is -1.47. The molecule has 1 aliphatic heterocycles. The van der Waals surface area contributed by atoms with E-state index < -0.39 is 5.60 Å². The van der Waals surface area contributed by atoms with E-state index in [0.717, 1.165) is 44.8 Å². The fourth-order valence-corrected chi connectivity index (χ4v) is 4.67. The van der Waals surface area contributed by atoms with Crippen molar-refractivity contribution >= 4 is 5.97 Å². The maximum atomic E-state index is 12.5. The minimum atomic E-state index is -0.489. The highest BCUT2D eigenvalue weighted by Crippen LogP contribution is 2.31. The van der Waals surface area contributed by atoms with Gasteiger partial charge in [0, 0.05) is 25.2 Å². The SMILES string of the molecule is CC(C)(C)OC(=O)CC(CCCC1CCCCC1)c1nc(CNC2CCOCC2)no1. The fourth-order valence-electron chi connectivity index (χ4n) is 4.67. The molecule has 1 N–H and O–H groups in total. The maximum Gasteiger partial charge on any atom is 0.307 e. The smallest absolute Gasteiger partial charge is 0.307 e. The molecule has 1 saturated carbocycles. The van der Waals surface area contributed by atoms with E-state index in [2.05, 4.69) is 15.5 Å². The van der Waals surface area contributed by atoms with Crippen molar-refractivity contribution in [1.29, 1.82) is 0 Å². The second-order valence-electron chi connectivity index (χ2n) is 10.2. The number of nitrogens with one attached hydrogen (secondary N) is 1. The molecule has 1 unspecified atom stereocenters. The standard InChI is InChI=1S/C24H41N3O4/c1-24(2,3)30-22(28)16-19(11-7-10-18-8-5-4-6-9-18)23-26-21(27-31-23)17-25-20-12-14-29-15-13-20/h18-20,25H,4-17H2,1-3H3. The van der Waals surface area contributed by atoms with E-state index in [-0.39, 0.29) is 18.3 Å². The van der Waals surface area contributed by atoms with Gasteiger partial charge in [-0.3, -0.25) is 4.79 Å². The molecule has 31 heavy (non-hydrogen) atoms. The molecule has 176 valence electrons. The summed E-state index contributed by atoms with van der Waals surface area (Å²) in [5.41, 5.74) is -0.489. The summed E-state index contributed by atoms with van der Waals surface area (Å²) >= 11 is 0. The van der Waals surface area contributed by atoms with Crippen molar-refractivity contribution in [1.82, 2.24) is 15.5 Å². The molecule has 2 aliphatic rings. The Morgan fingerprint density at radius 3 is 2.61 bits per heavy atom. The van der Waals surface area contributed by atoms with E-state index in [1.807, 2.05) is 20.8 Å². The topological polar surface area (TPSA) is 86.5 Å². The van der Waals surface area contributed by atoms with Crippen LogP contribution in [-0.2, 0) is 20.8 Å². The molecular weight excluding hydrogens is 394 g/mol. The van der Waals surface area contributed by atoms with Crippen molar-refractivity contribution in [3.8, 4) is 0 Å². The van der Waals surface area contributed by atoms with E-state index >= 15 is 0 Å². The van der Waals surface area contributed by atoms with Crippen LogP contribution < -0.4 is 5.32 Å². The highest BCUT2D eigenvalue weighted by atomic mass is 16.6. The summed E-state index contributed by atoms with van der Waals surface area (Å²) < 4.78 is 16.6. The number of hydrogen-bond donors (Lipinski definition) is 1. The summed E-state index contributed by atoms with van der Waals surface area (Å²) in [6.45, 7) is 7.87. The Morgan fingerprint density at radius 2 is 1.90 bits per heavy atom. The van der Waals surface area contributed by atoms with Crippen LogP contribution in [-0.4, -0.2) is 41.0 Å². The van der Waals surface area contributed by atoms with Gasteiger partial charge in [-0.15, -0.1) is 0 Å². The van der Waals surface area contributed by atoms with E-state index in [1.165, 1.54) is 38.5 Å². The number of ether oxygens (including phenoxy) is 2. The van der Waals surface area contributed by atoms with E-state index in [0.29, 0.717) is 24.3 Å². The van der Waals surface area contributed by atoms with Crippen LogP contribution >= 0.6 is 0 Å². The molecule has 7 nitrogen and oxygen atoms in total. The molecule has 2 heterocycles. The normalized spacial score (nSPS) is 20.0.